The number of carbonyl (C=O) groups is 1. The summed E-state index contributed by atoms with van der Waals surface area (Å²) in [7, 11) is 1.19. The van der Waals surface area contributed by atoms with Crippen LogP contribution < -0.4 is 0 Å². The van der Waals surface area contributed by atoms with E-state index >= 15 is 0 Å². The number of rotatable bonds is 4. The van der Waals surface area contributed by atoms with E-state index in [9.17, 15) is 4.79 Å². The van der Waals surface area contributed by atoms with Crippen molar-refractivity contribution in [3.63, 3.8) is 0 Å². The first kappa shape index (κ1) is 12.5. The second kappa shape index (κ2) is 6.05. The summed E-state index contributed by atoms with van der Waals surface area (Å²) in [6, 6.07) is 0.203. The van der Waals surface area contributed by atoms with Crippen LogP contribution in [-0.2, 0) is 4.79 Å². The summed E-state index contributed by atoms with van der Waals surface area (Å²) in [5.41, 5.74) is 0. The molecule has 0 radical (unpaired) electrons. The van der Waals surface area contributed by atoms with Gasteiger partial charge in [-0.05, 0) is 27.0 Å². The zero-order valence-electron chi connectivity index (χ0n) is 7.77. The molecule has 1 atom stereocenters. The summed E-state index contributed by atoms with van der Waals surface area (Å²) in [6.45, 7) is 5.87. The van der Waals surface area contributed by atoms with Gasteiger partial charge in [-0.2, -0.15) is 11.8 Å². The molecule has 0 heterocycles. The van der Waals surface area contributed by atoms with Crippen molar-refractivity contribution in [2.75, 3.05) is 6.26 Å². The molecule has 0 aliphatic heterocycles. The largest absolute Gasteiger partial charge is 0.274 e. The fourth-order valence-corrected chi connectivity index (χ4v) is 2.29. The molecule has 72 valence electrons. The van der Waals surface area contributed by atoms with Gasteiger partial charge in [0, 0.05) is 17.0 Å². The van der Waals surface area contributed by atoms with Gasteiger partial charge in [0.05, 0.1) is 5.25 Å². The molecule has 0 saturated heterocycles. The summed E-state index contributed by atoms with van der Waals surface area (Å²) in [4.78, 5) is 11.6. The van der Waals surface area contributed by atoms with Gasteiger partial charge in [0.1, 0.15) is 0 Å². The molecule has 12 heavy (non-hydrogen) atoms. The van der Waals surface area contributed by atoms with Crippen LogP contribution in [0.4, 0.5) is 0 Å². The van der Waals surface area contributed by atoms with E-state index in [0.29, 0.717) is 0 Å². The van der Waals surface area contributed by atoms with E-state index in [-0.39, 0.29) is 17.2 Å². The zero-order valence-corrected chi connectivity index (χ0v) is 10.3. The van der Waals surface area contributed by atoms with Crippen molar-refractivity contribution in [1.82, 2.24) is 4.31 Å². The van der Waals surface area contributed by atoms with E-state index in [2.05, 4.69) is 11.7 Å². The van der Waals surface area contributed by atoms with Crippen LogP contribution in [0.25, 0.3) is 0 Å². The molecule has 0 aromatic heterocycles. The van der Waals surface area contributed by atoms with Crippen molar-refractivity contribution < 1.29 is 4.79 Å². The summed E-state index contributed by atoms with van der Waals surface area (Å²) in [5.74, 6) is 0.137. The fourth-order valence-electron chi connectivity index (χ4n) is 0.669. The van der Waals surface area contributed by atoms with Crippen LogP contribution in [0, 0.1) is 0 Å². The quantitative estimate of drug-likeness (QED) is 0.451. The monoisotopic (exact) mass is 225 g/mol. The maximum absolute atomic E-state index is 11.6. The van der Waals surface area contributed by atoms with E-state index in [0.717, 1.165) is 0 Å². The molecule has 0 aliphatic carbocycles. The number of thiol groups is 1. The van der Waals surface area contributed by atoms with Gasteiger partial charge in [0.15, 0.2) is 0 Å². The van der Waals surface area contributed by atoms with Gasteiger partial charge in [-0.3, -0.25) is 9.10 Å². The van der Waals surface area contributed by atoms with Gasteiger partial charge >= 0.3 is 0 Å². The summed E-state index contributed by atoms with van der Waals surface area (Å²) >= 11 is 5.60. The maximum Gasteiger partial charge on any atom is 0.246 e. The molecular formula is C7H15NOS3. The van der Waals surface area contributed by atoms with Crippen LogP contribution in [0.3, 0.4) is 0 Å². The van der Waals surface area contributed by atoms with Crippen molar-refractivity contribution in [2.24, 2.45) is 0 Å². The Kier molecular flexibility index (Phi) is 6.31. The minimum Gasteiger partial charge on any atom is -0.274 e. The van der Waals surface area contributed by atoms with Crippen LogP contribution >= 0.6 is 34.4 Å². The number of thioether (sulfide) groups is 1. The Morgan fingerprint density at radius 2 is 1.92 bits per heavy atom. The van der Waals surface area contributed by atoms with Gasteiger partial charge in [-0.25, -0.2) is 0 Å². The maximum atomic E-state index is 11.6. The minimum absolute atomic E-state index is 0.0204. The summed E-state index contributed by atoms with van der Waals surface area (Å²) in [6.07, 6.45) is 1.93. The molecule has 0 spiro atoms. The normalized spacial score (nSPS) is 13.2. The molecule has 1 amide bonds. The smallest absolute Gasteiger partial charge is 0.246 e. The van der Waals surface area contributed by atoms with E-state index < -0.39 is 0 Å². The molecule has 0 aromatic carbocycles. The fraction of sp³-hybridized carbons (Fsp3) is 0.857. The zero-order chi connectivity index (χ0) is 9.72. The average molecular weight is 225 g/mol. The number of hydrogen-bond donors (Lipinski definition) is 1. The second-order valence-corrected chi connectivity index (χ2v) is 4.94. The Labute approximate surface area is 87.8 Å². The Hall–Kier alpha value is 0.520. The Balaban J connectivity index is 4.21. The van der Waals surface area contributed by atoms with Crippen LogP contribution in [0.1, 0.15) is 20.8 Å². The predicted octanol–water partition coefficient (Wildman–Crippen LogP) is 2.47. The molecule has 0 saturated carbocycles. The molecule has 0 N–H and O–H groups in total. The molecule has 0 bridgehead atoms. The molecule has 0 aliphatic rings. The lowest BCUT2D eigenvalue weighted by molar-refractivity contribution is -0.126. The predicted molar refractivity (Wildman–Crippen MR) is 61.5 cm³/mol. The molecule has 0 aromatic rings. The molecule has 1 unspecified atom stereocenters. The number of nitrogens with zero attached hydrogens (tertiary/aromatic N) is 1. The minimum atomic E-state index is 0.0204. The Morgan fingerprint density at radius 1 is 1.42 bits per heavy atom. The van der Waals surface area contributed by atoms with Crippen molar-refractivity contribution in [3.05, 3.63) is 0 Å². The van der Waals surface area contributed by atoms with Gasteiger partial charge in [-0.1, -0.05) is 11.7 Å². The van der Waals surface area contributed by atoms with Gasteiger partial charge < -0.3 is 0 Å². The van der Waals surface area contributed by atoms with Crippen LogP contribution in [0.15, 0.2) is 0 Å². The van der Waals surface area contributed by atoms with Crippen LogP contribution in [0.2, 0.25) is 0 Å². The molecule has 0 fully saturated rings. The van der Waals surface area contributed by atoms with Crippen LogP contribution in [-0.4, -0.2) is 27.8 Å². The summed E-state index contributed by atoms with van der Waals surface area (Å²) in [5, 5.41) is 0.0204. The first-order valence-corrected chi connectivity index (χ1v) is 6.83. The highest BCUT2D eigenvalue weighted by Crippen LogP contribution is 2.22. The SMILES string of the molecule is CSC(C)C(=O)N(SS)C(C)C. The standard InChI is InChI=1S/C7H15NOS3/c1-5(2)8(12-10)7(9)6(3)11-4/h5-6,10H,1-4H3. The highest BCUT2D eigenvalue weighted by molar-refractivity contribution is 8.67. The molecule has 0 rings (SSSR count). The topological polar surface area (TPSA) is 20.3 Å². The van der Waals surface area contributed by atoms with E-state index in [1.165, 1.54) is 11.0 Å². The number of carbonyl (C=O) groups excluding carboxylic acids is 1. The third-order valence-electron chi connectivity index (χ3n) is 1.48. The lowest BCUT2D eigenvalue weighted by Crippen LogP contribution is -2.35. The summed E-state index contributed by atoms with van der Waals surface area (Å²) < 4.78 is 1.68. The number of hydrogen-bond acceptors (Lipinski definition) is 4. The van der Waals surface area contributed by atoms with Crippen molar-refractivity contribution in [1.29, 1.82) is 0 Å². The van der Waals surface area contributed by atoms with Gasteiger partial charge in [-0.15, -0.1) is 0 Å². The number of amides is 1. The first-order valence-electron chi connectivity index (χ1n) is 3.72. The van der Waals surface area contributed by atoms with Crippen molar-refractivity contribution >= 4 is 40.3 Å². The van der Waals surface area contributed by atoms with Gasteiger partial charge in [0.2, 0.25) is 5.91 Å². The Bertz CT molecular complexity index is 152. The lowest BCUT2D eigenvalue weighted by atomic mass is 10.3. The van der Waals surface area contributed by atoms with Crippen molar-refractivity contribution in [3.8, 4) is 0 Å². The Morgan fingerprint density at radius 3 is 2.17 bits per heavy atom. The van der Waals surface area contributed by atoms with Crippen LogP contribution in [0.5, 0.6) is 0 Å². The third kappa shape index (κ3) is 3.49. The third-order valence-corrected chi connectivity index (χ3v) is 3.69. The van der Waals surface area contributed by atoms with Gasteiger partial charge in [0.25, 0.3) is 0 Å². The van der Waals surface area contributed by atoms with E-state index in [1.807, 2.05) is 27.0 Å². The van der Waals surface area contributed by atoms with E-state index in [4.69, 9.17) is 0 Å². The second-order valence-electron chi connectivity index (χ2n) is 2.72. The highest BCUT2D eigenvalue weighted by Gasteiger charge is 2.21. The molecule has 5 heteroatoms. The lowest BCUT2D eigenvalue weighted by Gasteiger charge is -2.24. The molecule has 2 nitrogen and oxygen atoms in total. The van der Waals surface area contributed by atoms with E-state index in [1.54, 1.807) is 16.1 Å². The highest BCUT2D eigenvalue weighted by atomic mass is 33.1. The van der Waals surface area contributed by atoms with Crippen molar-refractivity contribution in [2.45, 2.75) is 32.1 Å². The average Bonchev–Trinajstić information content (AvgIpc) is 2.03. The first-order chi connectivity index (χ1) is 5.54. The molecular weight excluding hydrogens is 210 g/mol.